The molecule has 1 amide bonds. The average molecular weight is 297 g/mol. The second-order valence-electron chi connectivity index (χ2n) is 5.26. The zero-order chi connectivity index (χ0) is 15.2. The number of hydrogen-bond acceptors (Lipinski definition) is 5. The van der Waals surface area contributed by atoms with E-state index in [9.17, 15) is 4.79 Å². The van der Waals surface area contributed by atoms with Crippen molar-refractivity contribution >= 4 is 5.91 Å². The van der Waals surface area contributed by atoms with Crippen molar-refractivity contribution in [3.63, 3.8) is 0 Å². The fourth-order valence-electron chi connectivity index (χ4n) is 2.40. The maximum Gasteiger partial charge on any atom is 0.248 e. The Morgan fingerprint density at radius 3 is 3.00 bits per heavy atom. The first-order chi connectivity index (χ1) is 10.1. The van der Waals surface area contributed by atoms with E-state index in [0.717, 1.165) is 5.69 Å². The van der Waals surface area contributed by atoms with Crippen LogP contribution in [0.25, 0.3) is 0 Å². The van der Waals surface area contributed by atoms with Gasteiger partial charge in [0.05, 0.1) is 31.1 Å². The topological polar surface area (TPSA) is 65.8 Å². The van der Waals surface area contributed by atoms with E-state index in [4.69, 9.17) is 14.2 Å². The third kappa shape index (κ3) is 4.52. The highest BCUT2D eigenvalue weighted by Crippen LogP contribution is 2.12. The van der Waals surface area contributed by atoms with Crippen molar-refractivity contribution in [1.29, 1.82) is 0 Å². The van der Waals surface area contributed by atoms with Gasteiger partial charge in [-0.05, 0) is 13.0 Å². The molecule has 0 aliphatic carbocycles. The number of hydrogen-bond donors (Lipinski definition) is 0. The molecule has 1 aromatic rings. The van der Waals surface area contributed by atoms with Crippen LogP contribution in [0.4, 0.5) is 0 Å². The normalized spacial score (nSPS) is 22.5. The molecule has 2 unspecified atom stereocenters. The first-order valence-electron chi connectivity index (χ1n) is 7.07. The van der Waals surface area contributed by atoms with Gasteiger partial charge in [0, 0.05) is 33.4 Å². The number of methoxy groups -OCH3 is 1. The molecule has 21 heavy (non-hydrogen) atoms. The van der Waals surface area contributed by atoms with Gasteiger partial charge in [-0.1, -0.05) is 0 Å². The Morgan fingerprint density at radius 1 is 1.52 bits per heavy atom. The van der Waals surface area contributed by atoms with Crippen molar-refractivity contribution in [2.75, 3.05) is 33.4 Å². The molecule has 1 saturated heterocycles. The van der Waals surface area contributed by atoms with Gasteiger partial charge < -0.3 is 19.1 Å². The predicted octanol–water partition coefficient (Wildman–Crippen LogP) is 0.199. The van der Waals surface area contributed by atoms with Gasteiger partial charge in [0.15, 0.2) is 0 Å². The molecule has 0 bridgehead atoms. The molecule has 2 heterocycles. The monoisotopic (exact) mass is 297 g/mol. The number of aryl methyl sites for hydroxylation is 1. The van der Waals surface area contributed by atoms with Gasteiger partial charge in [-0.3, -0.25) is 9.48 Å². The van der Waals surface area contributed by atoms with Gasteiger partial charge in [0.1, 0.15) is 6.61 Å². The molecule has 7 nitrogen and oxygen atoms in total. The number of carbonyl (C=O) groups is 1. The number of carbonyl (C=O) groups excluding carboxylic acids is 1. The standard InChI is InChI=1S/C14H23N3O4/c1-11-6-17(7-13(21-11)9-19-3)14(18)10-20-8-12-4-5-15-16(12)2/h4-5,11,13H,6-10H2,1-3H3. The molecule has 7 heteroatoms. The zero-order valence-corrected chi connectivity index (χ0v) is 12.8. The van der Waals surface area contributed by atoms with E-state index in [1.54, 1.807) is 22.9 Å². The van der Waals surface area contributed by atoms with Crippen LogP contribution in [0.3, 0.4) is 0 Å². The van der Waals surface area contributed by atoms with Gasteiger partial charge in [-0.25, -0.2) is 0 Å². The smallest absolute Gasteiger partial charge is 0.248 e. The summed E-state index contributed by atoms with van der Waals surface area (Å²) in [5.74, 6) is -0.0200. The fraction of sp³-hybridized carbons (Fsp3) is 0.714. The highest BCUT2D eigenvalue weighted by molar-refractivity contribution is 5.77. The first-order valence-corrected chi connectivity index (χ1v) is 7.07. The van der Waals surface area contributed by atoms with Crippen LogP contribution in [0.2, 0.25) is 0 Å². The number of morpholine rings is 1. The number of rotatable bonds is 6. The summed E-state index contributed by atoms with van der Waals surface area (Å²) in [5, 5.41) is 4.06. The third-order valence-corrected chi connectivity index (χ3v) is 3.43. The molecule has 1 fully saturated rings. The minimum atomic E-state index is -0.0697. The minimum absolute atomic E-state index is 0.0138. The summed E-state index contributed by atoms with van der Waals surface area (Å²) in [6.45, 7) is 4.03. The Kier molecular flexibility index (Phi) is 5.72. The molecular weight excluding hydrogens is 274 g/mol. The van der Waals surface area contributed by atoms with E-state index < -0.39 is 0 Å². The Hall–Kier alpha value is -1.44. The molecule has 1 aliphatic rings. The highest BCUT2D eigenvalue weighted by atomic mass is 16.5. The molecule has 2 rings (SSSR count). The van der Waals surface area contributed by atoms with Gasteiger partial charge >= 0.3 is 0 Å². The van der Waals surface area contributed by atoms with Crippen molar-refractivity contribution < 1.29 is 19.0 Å². The quantitative estimate of drug-likeness (QED) is 0.750. The van der Waals surface area contributed by atoms with Gasteiger partial charge in [0.25, 0.3) is 0 Å². The number of aromatic nitrogens is 2. The third-order valence-electron chi connectivity index (χ3n) is 3.43. The minimum Gasteiger partial charge on any atom is -0.382 e. The molecule has 1 aliphatic heterocycles. The molecule has 0 saturated carbocycles. The van der Waals surface area contributed by atoms with Crippen LogP contribution >= 0.6 is 0 Å². The summed E-state index contributed by atoms with van der Waals surface area (Å²) in [7, 11) is 3.48. The van der Waals surface area contributed by atoms with E-state index in [-0.39, 0.29) is 24.7 Å². The largest absolute Gasteiger partial charge is 0.382 e. The lowest BCUT2D eigenvalue weighted by Gasteiger charge is -2.36. The van der Waals surface area contributed by atoms with Gasteiger partial charge in [-0.15, -0.1) is 0 Å². The van der Waals surface area contributed by atoms with Crippen LogP contribution < -0.4 is 0 Å². The molecule has 0 radical (unpaired) electrons. The van der Waals surface area contributed by atoms with Crippen molar-refractivity contribution in [3.05, 3.63) is 18.0 Å². The van der Waals surface area contributed by atoms with E-state index in [1.807, 2.05) is 20.0 Å². The molecule has 0 N–H and O–H groups in total. The summed E-state index contributed by atoms with van der Waals surface area (Å²) in [5.41, 5.74) is 0.940. The Balaban J connectivity index is 1.78. The van der Waals surface area contributed by atoms with Gasteiger partial charge in [0.2, 0.25) is 5.91 Å². The van der Waals surface area contributed by atoms with Crippen LogP contribution in [0.15, 0.2) is 12.3 Å². The van der Waals surface area contributed by atoms with E-state index >= 15 is 0 Å². The first kappa shape index (κ1) is 15.9. The van der Waals surface area contributed by atoms with Crippen molar-refractivity contribution in [3.8, 4) is 0 Å². The second-order valence-corrected chi connectivity index (χ2v) is 5.26. The maximum absolute atomic E-state index is 12.2. The van der Waals surface area contributed by atoms with Gasteiger partial charge in [-0.2, -0.15) is 5.10 Å². The highest BCUT2D eigenvalue weighted by Gasteiger charge is 2.28. The SMILES string of the molecule is COCC1CN(C(=O)COCc2ccnn2C)CC(C)O1. The van der Waals surface area contributed by atoms with Crippen molar-refractivity contribution in [2.24, 2.45) is 7.05 Å². The maximum atomic E-state index is 12.2. The zero-order valence-electron chi connectivity index (χ0n) is 12.8. The summed E-state index contributed by atoms with van der Waals surface area (Å²) in [6, 6.07) is 1.87. The lowest BCUT2D eigenvalue weighted by molar-refractivity contribution is -0.152. The lowest BCUT2D eigenvalue weighted by atomic mass is 10.2. The van der Waals surface area contributed by atoms with Crippen molar-refractivity contribution in [1.82, 2.24) is 14.7 Å². The average Bonchev–Trinajstić information content (AvgIpc) is 2.84. The predicted molar refractivity (Wildman–Crippen MR) is 75.7 cm³/mol. The Labute approximate surface area is 124 Å². The fourth-order valence-corrected chi connectivity index (χ4v) is 2.40. The molecule has 1 aromatic heterocycles. The Morgan fingerprint density at radius 2 is 2.33 bits per heavy atom. The Bertz CT molecular complexity index is 463. The molecule has 2 atom stereocenters. The van der Waals surface area contributed by atoms with Crippen LogP contribution in [0.5, 0.6) is 0 Å². The summed E-state index contributed by atoms with van der Waals surface area (Å²) < 4.78 is 18.0. The number of amides is 1. The number of ether oxygens (including phenoxy) is 3. The van der Waals surface area contributed by atoms with E-state index in [1.165, 1.54) is 0 Å². The molecule has 118 valence electrons. The molecule has 0 spiro atoms. The molecule has 0 aromatic carbocycles. The second kappa shape index (κ2) is 7.53. The van der Waals surface area contributed by atoms with Crippen molar-refractivity contribution in [2.45, 2.75) is 25.7 Å². The van der Waals surface area contributed by atoms with Crippen LogP contribution in [-0.2, 0) is 32.7 Å². The lowest BCUT2D eigenvalue weighted by Crippen LogP contribution is -2.51. The summed E-state index contributed by atoms with van der Waals surface area (Å²) in [6.07, 6.45) is 1.65. The number of nitrogens with zero attached hydrogens (tertiary/aromatic N) is 3. The van der Waals surface area contributed by atoms with Crippen LogP contribution in [-0.4, -0.2) is 66.2 Å². The summed E-state index contributed by atoms with van der Waals surface area (Å²) in [4.78, 5) is 14.0. The molecular formula is C14H23N3O4. The van der Waals surface area contributed by atoms with Crippen LogP contribution in [0.1, 0.15) is 12.6 Å². The van der Waals surface area contributed by atoms with Crippen LogP contribution in [0, 0.1) is 0 Å². The van der Waals surface area contributed by atoms with E-state index in [0.29, 0.717) is 26.3 Å². The summed E-state index contributed by atoms with van der Waals surface area (Å²) >= 11 is 0. The van der Waals surface area contributed by atoms with E-state index in [2.05, 4.69) is 5.10 Å².